The molecule has 3 nitrogen and oxygen atoms in total. The molecule has 0 aromatic heterocycles. The van der Waals surface area contributed by atoms with Crippen LogP contribution in [0.3, 0.4) is 0 Å². The molecule has 3 N–H and O–H groups in total. The summed E-state index contributed by atoms with van der Waals surface area (Å²) in [6.45, 7) is 0. The highest BCUT2D eigenvalue weighted by molar-refractivity contribution is 9.11. The summed E-state index contributed by atoms with van der Waals surface area (Å²) in [7, 11) is 1.61. The van der Waals surface area contributed by atoms with Crippen molar-refractivity contribution in [1.29, 1.82) is 0 Å². The molecular formula is C8H8Br2ClN3. The minimum absolute atomic E-state index is 0.341. The Morgan fingerprint density at radius 1 is 1.43 bits per heavy atom. The van der Waals surface area contributed by atoms with Crippen molar-refractivity contribution in [2.45, 2.75) is 0 Å². The predicted molar refractivity (Wildman–Crippen MR) is 68.0 cm³/mol. The molecule has 0 unspecified atom stereocenters. The molecule has 0 heterocycles. The number of nitrogens with two attached hydrogens (primary N) is 1. The van der Waals surface area contributed by atoms with Gasteiger partial charge in [-0.2, -0.15) is 0 Å². The highest BCUT2D eigenvalue weighted by atomic mass is 79.9. The molecule has 0 aliphatic rings. The summed E-state index contributed by atoms with van der Waals surface area (Å²) in [5, 5.41) is 3.57. The molecule has 0 atom stereocenters. The standard InChI is InChI=1S/C8H8Br2ClN3/c1-13-8(12)14-7-5(9)2-4(11)3-6(7)10/h2-3H,1H3,(H3,12,13,14). The molecule has 0 aliphatic heterocycles. The van der Waals surface area contributed by atoms with Gasteiger partial charge in [-0.25, -0.2) is 0 Å². The molecule has 0 bridgehead atoms. The van der Waals surface area contributed by atoms with Crippen molar-refractivity contribution in [2.75, 3.05) is 12.4 Å². The average molecular weight is 341 g/mol. The first-order valence-electron chi connectivity index (χ1n) is 3.68. The maximum Gasteiger partial charge on any atom is 0.192 e. The minimum Gasteiger partial charge on any atom is -0.370 e. The number of benzene rings is 1. The Bertz CT molecular complexity index is 356. The van der Waals surface area contributed by atoms with E-state index in [1.54, 1.807) is 19.2 Å². The van der Waals surface area contributed by atoms with Gasteiger partial charge in [0.15, 0.2) is 5.96 Å². The third-order valence-corrected chi connectivity index (χ3v) is 2.97. The Labute approximate surface area is 104 Å². The highest BCUT2D eigenvalue weighted by Gasteiger charge is 2.07. The molecule has 76 valence electrons. The maximum atomic E-state index is 5.84. The van der Waals surface area contributed by atoms with E-state index in [1.807, 2.05) is 0 Å². The second-order valence-corrected chi connectivity index (χ2v) is 4.62. The molecule has 14 heavy (non-hydrogen) atoms. The second kappa shape index (κ2) is 5.00. The molecule has 6 heteroatoms. The largest absolute Gasteiger partial charge is 0.370 e. The van der Waals surface area contributed by atoms with Crippen LogP contribution in [0.15, 0.2) is 26.1 Å². The lowest BCUT2D eigenvalue weighted by molar-refractivity contribution is 1.37. The zero-order chi connectivity index (χ0) is 10.7. The van der Waals surface area contributed by atoms with Crippen LogP contribution in [0.5, 0.6) is 0 Å². The van der Waals surface area contributed by atoms with Crippen LogP contribution in [-0.2, 0) is 0 Å². The fourth-order valence-electron chi connectivity index (χ4n) is 0.846. The van der Waals surface area contributed by atoms with E-state index >= 15 is 0 Å². The molecule has 0 fully saturated rings. The van der Waals surface area contributed by atoms with E-state index < -0.39 is 0 Å². The summed E-state index contributed by atoms with van der Waals surface area (Å²) in [6.07, 6.45) is 0. The number of halogens is 3. The fourth-order valence-corrected chi connectivity index (χ4v) is 2.71. The number of rotatable bonds is 1. The van der Waals surface area contributed by atoms with Gasteiger partial charge in [-0.05, 0) is 44.0 Å². The molecule has 0 radical (unpaired) electrons. The van der Waals surface area contributed by atoms with Crippen LogP contribution >= 0.6 is 43.5 Å². The minimum atomic E-state index is 0.341. The molecule has 0 saturated carbocycles. The second-order valence-electron chi connectivity index (χ2n) is 2.48. The first kappa shape index (κ1) is 11.8. The molecule has 0 aliphatic carbocycles. The van der Waals surface area contributed by atoms with Gasteiger partial charge in [0.25, 0.3) is 0 Å². The highest BCUT2D eigenvalue weighted by Crippen LogP contribution is 2.33. The number of hydrogen-bond acceptors (Lipinski definition) is 1. The molecule has 1 aromatic rings. The number of guanidine groups is 1. The number of aliphatic imine (C=N–C) groups is 1. The van der Waals surface area contributed by atoms with Crippen LogP contribution < -0.4 is 11.1 Å². The van der Waals surface area contributed by atoms with E-state index in [-0.39, 0.29) is 0 Å². The van der Waals surface area contributed by atoms with Crippen LogP contribution in [0.1, 0.15) is 0 Å². The molecule has 0 saturated heterocycles. The molecular weight excluding hydrogens is 333 g/mol. The smallest absolute Gasteiger partial charge is 0.192 e. The van der Waals surface area contributed by atoms with Crippen molar-refractivity contribution in [2.24, 2.45) is 10.7 Å². The zero-order valence-corrected chi connectivity index (χ0v) is 11.2. The number of nitrogens with one attached hydrogen (secondary N) is 1. The van der Waals surface area contributed by atoms with Crippen LogP contribution in [0.2, 0.25) is 5.02 Å². The van der Waals surface area contributed by atoms with Crippen LogP contribution in [-0.4, -0.2) is 13.0 Å². The van der Waals surface area contributed by atoms with Gasteiger partial charge in [-0.1, -0.05) is 11.6 Å². The van der Waals surface area contributed by atoms with Crippen LogP contribution in [0.25, 0.3) is 0 Å². The average Bonchev–Trinajstić information content (AvgIpc) is 2.10. The van der Waals surface area contributed by atoms with Crippen molar-refractivity contribution in [3.8, 4) is 0 Å². The van der Waals surface area contributed by atoms with Crippen LogP contribution in [0.4, 0.5) is 5.69 Å². The molecule has 1 aromatic carbocycles. The first-order chi connectivity index (χ1) is 6.54. The summed E-state index contributed by atoms with van der Waals surface area (Å²) in [6, 6.07) is 3.55. The zero-order valence-electron chi connectivity index (χ0n) is 7.31. The Kier molecular flexibility index (Phi) is 4.22. The summed E-state index contributed by atoms with van der Waals surface area (Å²) in [5.74, 6) is 0.341. The van der Waals surface area contributed by atoms with Crippen molar-refractivity contribution >= 4 is 55.1 Å². The monoisotopic (exact) mass is 339 g/mol. The van der Waals surface area contributed by atoms with Gasteiger partial charge in [-0.15, -0.1) is 0 Å². The van der Waals surface area contributed by atoms with E-state index in [9.17, 15) is 0 Å². The fraction of sp³-hybridized carbons (Fsp3) is 0.125. The van der Waals surface area contributed by atoms with E-state index in [4.69, 9.17) is 17.3 Å². The van der Waals surface area contributed by atoms with Gasteiger partial charge in [-0.3, -0.25) is 4.99 Å². The summed E-state index contributed by atoms with van der Waals surface area (Å²) in [4.78, 5) is 3.80. The summed E-state index contributed by atoms with van der Waals surface area (Å²) < 4.78 is 1.65. The van der Waals surface area contributed by atoms with E-state index in [2.05, 4.69) is 42.2 Å². The van der Waals surface area contributed by atoms with Crippen molar-refractivity contribution in [3.63, 3.8) is 0 Å². The van der Waals surface area contributed by atoms with Crippen molar-refractivity contribution in [3.05, 3.63) is 26.1 Å². The Morgan fingerprint density at radius 2 is 1.93 bits per heavy atom. The van der Waals surface area contributed by atoms with Gasteiger partial charge < -0.3 is 11.1 Å². The van der Waals surface area contributed by atoms with E-state index in [0.717, 1.165) is 14.6 Å². The lowest BCUT2D eigenvalue weighted by Gasteiger charge is -2.09. The first-order valence-corrected chi connectivity index (χ1v) is 5.65. The number of nitrogens with zero attached hydrogens (tertiary/aromatic N) is 1. The topological polar surface area (TPSA) is 50.4 Å². The molecule has 0 amide bonds. The third kappa shape index (κ3) is 2.87. The third-order valence-electron chi connectivity index (χ3n) is 1.50. The summed E-state index contributed by atoms with van der Waals surface area (Å²) >= 11 is 12.6. The quantitative estimate of drug-likeness (QED) is 0.609. The van der Waals surface area contributed by atoms with Gasteiger partial charge in [0.05, 0.1) is 5.69 Å². The molecule has 1 rings (SSSR count). The van der Waals surface area contributed by atoms with Gasteiger partial charge >= 0.3 is 0 Å². The predicted octanol–water partition coefficient (Wildman–Crippen LogP) is 3.22. The normalized spacial score (nSPS) is 11.6. The molecule has 0 spiro atoms. The van der Waals surface area contributed by atoms with E-state index in [0.29, 0.717) is 11.0 Å². The van der Waals surface area contributed by atoms with Gasteiger partial charge in [0.1, 0.15) is 0 Å². The van der Waals surface area contributed by atoms with Gasteiger partial charge in [0, 0.05) is 21.0 Å². The van der Waals surface area contributed by atoms with Crippen molar-refractivity contribution in [1.82, 2.24) is 0 Å². The number of anilines is 1. The Morgan fingerprint density at radius 3 is 2.36 bits per heavy atom. The van der Waals surface area contributed by atoms with Crippen molar-refractivity contribution < 1.29 is 0 Å². The maximum absolute atomic E-state index is 5.84. The lowest BCUT2D eigenvalue weighted by Crippen LogP contribution is -2.22. The number of hydrogen-bond donors (Lipinski definition) is 2. The SMILES string of the molecule is CN=C(N)Nc1c(Br)cc(Cl)cc1Br. The van der Waals surface area contributed by atoms with E-state index in [1.165, 1.54) is 0 Å². The van der Waals surface area contributed by atoms with Gasteiger partial charge in [0.2, 0.25) is 0 Å². The summed E-state index contributed by atoms with van der Waals surface area (Å²) in [5.41, 5.74) is 6.35. The Balaban J connectivity index is 3.09. The van der Waals surface area contributed by atoms with Crippen LogP contribution in [0, 0.1) is 0 Å². The Hall–Kier alpha value is -0.260. The lowest BCUT2D eigenvalue weighted by atomic mass is 10.3.